The first kappa shape index (κ1) is 30.3. The van der Waals surface area contributed by atoms with Crippen molar-refractivity contribution in [2.45, 2.75) is 58.5 Å². The van der Waals surface area contributed by atoms with E-state index in [0.29, 0.717) is 30.6 Å². The third-order valence-corrected chi connectivity index (χ3v) is 5.17. The Bertz CT molecular complexity index is 919. The van der Waals surface area contributed by atoms with Gasteiger partial charge in [0.15, 0.2) is 0 Å². The molecule has 0 unspecified atom stereocenters. The summed E-state index contributed by atoms with van der Waals surface area (Å²) in [6.45, 7) is 4.85. The number of rotatable bonds is 16. The molecule has 0 aromatic heterocycles. The minimum absolute atomic E-state index is 0.214. The van der Waals surface area contributed by atoms with Gasteiger partial charge in [-0.25, -0.2) is 14.4 Å². The Morgan fingerprint density at radius 1 is 0.632 bits per heavy atom. The first-order valence-electron chi connectivity index (χ1n) is 12.7. The molecule has 0 aliphatic heterocycles. The second kappa shape index (κ2) is 17.5. The van der Waals surface area contributed by atoms with Crippen LogP contribution in [0.4, 0.5) is 4.79 Å². The minimum atomic E-state index is -1.00. The van der Waals surface area contributed by atoms with Crippen LogP contribution >= 0.6 is 0 Å². The summed E-state index contributed by atoms with van der Waals surface area (Å²) >= 11 is 0. The zero-order valence-corrected chi connectivity index (χ0v) is 21.9. The quantitative estimate of drug-likeness (QED) is 0.187. The van der Waals surface area contributed by atoms with Gasteiger partial charge in [0.05, 0.1) is 11.1 Å². The highest BCUT2D eigenvalue weighted by atomic mass is 16.7. The third kappa shape index (κ3) is 12.9. The van der Waals surface area contributed by atoms with Gasteiger partial charge in [-0.3, -0.25) is 4.79 Å². The Kier molecular flexibility index (Phi) is 14.0. The molecule has 38 heavy (non-hydrogen) atoms. The van der Waals surface area contributed by atoms with Crippen molar-refractivity contribution in [3.8, 4) is 0 Å². The van der Waals surface area contributed by atoms with Crippen molar-refractivity contribution in [2.24, 2.45) is 0 Å². The molecule has 0 saturated heterocycles. The molecule has 2 aromatic carbocycles. The monoisotopic (exact) mass is 528 g/mol. The predicted molar refractivity (Wildman–Crippen MR) is 139 cm³/mol. The summed E-state index contributed by atoms with van der Waals surface area (Å²) in [6.07, 6.45) is 0.757. The van der Waals surface area contributed by atoms with Crippen molar-refractivity contribution in [1.29, 1.82) is 0 Å². The van der Waals surface area contributed by atoms with Crippen molar-refractivity contribution >= 4 is 24.0 Å². The molecular formula is C28H36N2O8. The molecule has 0 bridgehead atoms. The van der Waals surface area contributed by atoms with Gasteiger partial charge in [0, 0.05) is 26.8 Å². The molecule has 0 saturated carbocycles. The van der Waals surface area contributed by atoms with E-state index in [9.17, 15) is 19.2 Å². The van der Waals surface area contributed by atoms with Crippen molar-refractivity contribution in [1.82, 2.24) is 10.6 Å². The first-order valence-corrected chi connectivity index (χ1v) is 12.7. The number of alkyl carbamates (subject to hydrolysis) is 1. The number of hydrogen-bond acceptors (Lipinski definition) is 9. The van der Waals surface area contributed by atoms with Crippen LogP contribution in [0.3, 0.4) is 0 Å². The van der Waals surface area contributed by atoms with Gasteiger partial charge in [-0.05, 0) is 56.6 Å². The van der Waals surface area contributed by atoms with Gasteiger partial charge in [-0.1, -0.05) is 42.8 Å². The fourth-order valence-electron chi connectivity index (χ4n) is 3.30. The predicted octanol–water partition coefficient (Wildman–Crippen LogP) is 4.20. The molecular weight excluding hydrogens is 492 g/mol. The molecule has 2 rings (SSSR count). The van der Waals surface area contributed by atoms with Crippen LogP contribution in [0.5, 0.6) is 0 Å². The zero-order chi connectivity index (χ0) is 27.6. The summed E-state index contributed by atoms with van der Waals surface area (Å²) in [5.41, 5.74) is 0.778. The average molecular weight is 529 g/mol. The van der Waals surface area contributed by atoms with E-state index in [4.69, 9.17) is 18.9 Å². The van der Waals surface area contributed by atoms with Crippen LogP contribution in [-0.2, 0) is 23.7 Å². The van der Waals surface area contributed by atoms with Gasteiger partial charge in [0.1, 0.15) is 0 Å². The molecule has 1 amide bonds. The fraction of sp³-hybridized carbons (Fsp3) is 0.429. The van der Waals surface area contributed by atoms with Crippen LogP contribution in [-0.4, -0.2) is 56.2 Å². The van der Waals surface area contributed by atoms with E-state index < -0.39 is 36.6 Å². The number of benzene rings is 2. The Morgan fingerprint density at radius 2 is 1.13 bits per heavy atom. The molecule has 0 aliphatic carbocycles. The third-order valence-electron chi connectivity index (χ3n) is 5.17. The highest BCUT2D eigenvalue weighted by Crippen LogP contribution is 2.07. The summed E-state index contributed by atoms with van der Waals surface area (Å²) in [6, 6.07) is 17.0. The highest BCUT2D eigenvalue weighted by molar-refractivity contribution is 5.89. The number of carbonyl (C=O) groups excluding carboxylic acids is 4. The van der Waals surface area contributed by atoms with Crippen molar-refractivity contribution in [3.05, 3.63) is 71.8 Å². The maximum absolute atomic E-state index is 12.0. The van der Waals surface area contributed by atoms with Crippen LogP contribution in [0, 0.1) is 0 Å². The second-order valence-electron chi connectivity index (χ2n) is 8.41. The number of amides is 1. The number of nitrogens with one attached hydrogen (secondary N) is 2. The largest absolute Gasteiger partial charge is 0.425 e. The lowest BCUT2D eigenvalue weighted by Gasteiger charge is -2.14. The lowest BCUT2D eigenvalue weighted by Crippen LogP contribution is -2.30. The van der Waals surface area contributed by atoms with Crippen LogP contribution in [0.15, 0.2) is 60.7 Å². The smallest absolute Gasteiger partial charge is 0.410 e. The second-order valence-corrected chi connectivity index (χ2v) is 8.41. The molecule has 0 aliphatic rings. The minimum Gasteiger partial charge on any atom is -0.425 e. The summed E-state index contributed by atoms with van der Waals surface area (Å²) < 4.78 is 20.3. The van der Waals surface area contributed by atoms with E-state index in [2.05, 4.69) is 10.6 Å². The van der Waals surface area contributed by atoms with Crippen LogP contribution in [0.1, 0.15) is 66.7 Å². The molecule has 206 valence electrons. The molecule has 10 heteroatoms. The summed E-state index contributed by atoms with van der Waals surface area (Å²) in [4.78, 5) is 47.6. The van der Waals surface area contributed by atoms with E-state index in [-0.39, 0.29) is 6.42 Å². The fourth-order valence-corrected chi connectivity index (χ4v) is 3.30. The van der Waals surface area contributed by atoms with E-state index in [1.807, 2.05) is 0 Å². The number of ether oxygens (including phenoxy) is 4. The number of hydrogen-bond donors (Lipinski definition) is 2. The molecule has 0 spiro atoms. The van der Waals surface area contributed by atoms with E-state index in [1.54, 1.807) is 60.7 Å². The van der Waals surface area contributed by atoms with Gasteiger partial charge in [0.2, 0.25) is 12.6 Å². The van der Waals surface area contributed by atoms with E-state index >= 15 is 0 Å². The maximum atomic E-state index is 12.0. The normalized spacial score (nSPS) is 12.1. The topological polar surface area (TPSA) is 129 Å². The Balaban J connectivity index is 1.41. The standard InChI is InChI=1S/C28H36N2O8/c1-21(36-26(32)23-13-6-3-7-14-23)35-25(31)17-12-19-29-18-10-5-11-20-30-28(34)38-22(2)37-27(33)24-15-8-4-9-16-24/h3-4,6-9,13-16,21-22,29H,5,10-12,17-20H2,1-2H3,(H,30,34)/t21-,22+/m1/s1. The van der Waals surface area contributed by atoms with E-state index in [0.717, 1.165) is 25.8 Å². The summed E-state index contributed by atoms with van der Waals surface area (Å²) in [5.74, 6) is -1.53. The molecule has 2 atom stereocenters. The van der Waals surface area contributed by atoms with Crippen molar-refractivity contribution < 1.29 is 38.1 Å². The molecule has 10 nitrogen and oxygen atoms in total. The number of esters is 3. The lowest BCUT2D eigenvalue weighted by molar-refractivity contribution is -0.165. The van der Waals surface area contributed by atoms with E-state index in [1.165, 1.54) is 13.8 Å². The van der Waals surface area contributed by atoms with Gasteiger partial charge >= 0.3 is 24.0 Å². The summed E-state index contributed by atoms with van der Waals surface area (Å²) in [5, 5.41) is 5.88. The van der Waals surface area contributed by atoms with Crippen LogP contribution < -0.4 is 10.6 Å². The highest BCUT2D eigenvalue weighted by Gasteiger charge is 2.16. The molecule has 2 aromatic rings. The van der Waals surface area contributed by atoms with Gasteiger partial charge in [-0.15, -0.1) is 0 Å². The van der Waals surface area contributed by atoms with Crippen LogP contribution in [0.2, 0.25) is 0 Å². The Morgan fingerprint density at radius 3 is 1.71 bits per heavy atom. The maximum Gasteiger partial charge on any atom is 0.410 e. The number of carbonyl (C=O) groups is 4. The Hall–Kier alpha value is -3.92. The van der Waals surface area contributed by atoms with Gasteiger partial charge in [-0.2, -0.15) is 0 Å². The van der Waals surface area contributed by atoms with Gasteiger partial charge < -0.3 is 29.6 Å². The van der Waals surface area contributed by atoms with Crippen molar-refractivity contribution in [3.63, 3.8) is 0 Å². The first-order chi connectivity index (χ1) is 18.3. The zero-order valence-electron chi connectivity index (χ0n) is 21.9. The molecule has 0 fully saturated rings. The number of unbranched alkanes of at least 4 members (excludes halogenated alkanes) is 2. The summed E-state index contributed by atoms with van der Waals surface area (Å²) in [7, 11) is 0. The SMILES string of the molecule is C[C@H](OC(=O)CCCNCCCCCNC(=O)O[C@@H](C)OC(=O)c1ccccc1)OC(=O)c1ccccc1. The Labute approximate surface area is 223 Å². The van der Waals surface area contributed by atoms with Gasteiger partial charge in [0.25, 0.3) is 0 Å². The molecule has 0 radical (unpaired) electrons. The molecule has 2 N–H and O–H groups in total. The average Bonchev–Trinajstić information content (AvgIpc) is 2.90. The van der Waals surface area contributed by atoms with Crippen molar-refractivity contribution in [2.75, 3.05) is 19.6 Å². The molecule has 0 heterocycles. The van der Waals surface area contributed by atoms with Crippen LogP contribution in [0.25, 0.3) is 0 Å². The lowest BCUT2D eigenvalue weighted by atomic mass is 10.2.